The van der Waals surface area contributed by atoms with E-state index in [1.54, 1.807) is 33.9 Å². The van der Waals surface area contributed by atoms with Crippen LogP contribution in [0, 0.1) is 0 Å². The Labute approximate surface area is 137 Å². The lowest BCUT2D eigenvalue weighted by Gasteiger charge is -2.25. The van der Waals surface area contributed by atoms with Gasteiger partial charge in [-0.05, 0) is 34.7 Å². The zero-order chi connectivity index (χ0) is 18.3. The molecule has 0 radical (unpaired) electrons. The summed E-state index contributed by atoms with van der Waals surface area (Å²) in [5.41, 5.74) is -0.383. The van der Waals surface area contributed by atoms with Gasteiger partial charge in [-0.25, -0.2) is 0 Å². The van der Waals surface area contributed by atoms with E-state index >= 15 is 0 Å². The van der Waals surface area contributed by atoms with Crippen molar-refractivity contribution in [1.82, 2.24) is 4.57 Å². The van der Waals surface area contributed by atoms with Crippen LogP contribution in [-0.4, -0.2) is 16.0 Å². The average Bonchev–Trinajstić information content (AvgIpc) is 2.37. The normalized spacial score (nSPS) is 12.3. The van der Waals surface area contributed by atoms with Crippen LogP contribution in [0.3, 0.4) is 0 Å². The van der Waals surface area contributed by atoms with Crippen molar-refractivity contribution < 1.29 is 23.0 Å². The predicted octanol–water partition coefficient (Wildman–Crippen LogP) is 3.95. The van der Waals surface area contributed by atoms with Crippen molar-refractivity contribution in [3.05, 3.63) is 46.4 Å². The summed E-state index contributed by atoms with van der Waals surface area (Å²) in [7, 11) is 1.56. The Morgan fingerprint density at radius 1 is 1.08 bits per heavy atom. The van der Waals surface area contributed by atoms with Gasteiger partial charge >= 0.3 is 6.36 Å². The third kappa shape index (κ3) is 3.90. The molecule has 7 heteroatoms. The van der Waals surface area contributed by atoms with Crippen LogP contribution in [0.5, 0.6) is 11.5 Å². The molecule has 0 aliphatic carbocycles. The van der Waals surface area contributed by atoms with E-state index < -0.39 is 17.5 Å². The molecular weight excluding hydrogens is 323 g/mol. The number of halogens is 3. The molecule has 1 N–H and O–H groups in total. The van der Waals surface area contributed by atoms with E-state index in [0.29, 0.717) is 5.56 Å². The monoisotopic (exact) mass is 341 g/mol. The SMILES string of the molecule is Cn1ccc(-c2cc(O)c(C(C)(C)C)c(OC(F)(F)F)c2)cc1=O. The molecule has 0 saturated heterocycles. The van der Waals surface area contributed by atoms with Gasteiger partial charge in [0.05, 0.1) is 0 Å². The maximum Gasteiger partial charge on any atom is 0.573 e. The standard InChI is InChI=1S/C17H18F3NO3/c1-16(2,3)15-12(22)7-11(8-13(15)24-17(18,19)20)10-5-6-21(4)14(23)9-10/h5-9,22H,1-4H3. The Bertz CT molecular complexity index is 817. The van der Waals surface area contributed by atoms with Crippen LogP contribution in [0.15, 0.2) is 35.3 Å². The van der Waals surface area contributed by atoms with Crippen LogP contribution in [0.1, 0.15) is 26.3 Å². The first-order valence-corrected chi connectivity index (χ1v) is 7.19. The van der Waals surface area contributed by atoms with Gasteiger partial charge in [0.25, 0.3) is 5.56 Å². The number of alkyl halides is 3. The predicted molar refractivity (Wildman–Crippen MR) is 84.2 cm³/mol. The van der Waals surface area contributed by atoms with Crippen LogP contribution in [0.2, 0.25) is 0 Å². The summed E-state index contributed by atoms with van der Waals surface area (Å²) in [6.07, 6.45) is -3.39. The van der Waals surface area contributed by atoms with Gasteiger partial charge in [-0.1, -0.05) is 20.8 Å². The summed E-state index contributed by atoms with van der Waals surface area (Å²) >= 11 is 0. The molecule has 0 spiro atoms. The van der Waals surface area contributed by atoms with Gasteiger partial charge in [0.2, 0.25) is 0 Å². The number of aryl methyl sites for hydroxylation is 1. The first-order valence-electron chi connectivity index (χ1n) is 7.19. The number of phenols is 1. The molecule has 2 aromatic rings. The number of hydrogen-bond acceptors (Lipinski definition) is 3. The van der Waals surface area contributed by atoms with Crippen molar-refractivity contribution in [2.24, 2.45) is 7.05 Å². The van der Waals surface area contributed by atoms with Gasteiger partial charge in [0.1, 0.15) is 11.5 Å². The molecule has 0 fully saturated rings. The van der Waals surface area contributed by atoms with Crippen molar-refractivity contribution in [3.63, 3.8) is 0 Å². The molecular formula is C17H18F3NO3. The number of phenolic OH excluding ortho intramolecular Hbond substituents is 1. The summed E-state index contributed by atoms with van der Waals surface area (Å²) in [5.74, 6) is -0.800. The lowest BCUT2D eigenvalue weighted by atomic mass is 9.84. The number of aromatic hydroxyl groups is 1. The fourth-order valence-corrected chi connectivity index (χ4v) is 2.45. The summed E-state index contributed by atoms with van der Waals surface area (Å²) in [6, 6.07) is 5.37. The molecule has 24 heavy (non-hydrogen) atoms. The highest BCUT2D eigenvalue weighted by Crippen LogP contribution is 2.43. The molecule has 4 nitrogen and oxygen atoms in total. The molecule has 0 amide bonds. The van der Waals surface area contributed by atoms with Gasteiger partial charge in [-0.15, -0.1) is 13.2 Å². The number of aromatic nitrogens is 1. The largest absolute Gasteiger partial charge is 0.573 e. The Balaban J connectivity index is 2.68. The molecule has 0 atom stereocenters. The Morgan fingerprint density at radius 3 is 2.21 bits per heavy atom. The molecule has 1 heterocycles. The molecule has 1 aromatic carbocycles. The first-order chi connectivity index (χ1) is 10.9. The molecule has 1 aromatic heterocycles. The van der Waals surface area contributed by atoms with Crippen LogP contribution < -0.4 is 10.3 Å². The first kappa shape index (κ1) is 17.9. The van der Waals surface area contributed by atoms with E-state index in [-0.39, 0.29) is 22.4 Å². The average molecular weight is 341 g/mol. The van der Waals surface area contributed by atoms with Crippen molar-refractivity contribution in [2.45, 2.75) is 32.5 Å². The Kier molecular flexibility index (Phi) is 4.39. The van der Waals surface area contributed by atoms with Gasteiger partial charge in [0, 0.05) is 24.9 Å². The highest BCUT2D eigenvalue weighted by atomic mass is 19.4. The van der Waals surface area contributed by atoms with Crippen LogP contribution in [-0.2, 0) is 12.5 Å². The minimum atomic E-state index is -4.89. The Hall–Kier alpha value is -2.44. The third-order valence-electron chi connectivity index (χ3n) is 3.49. The third-order valence-corrected chi connectivity index (χ3v) is 3.49. The number of benzene rings is 1. The number of pyridine rings is 1. The van der Waals surface area contributed by atoms with E-state index in [4.69, 9.17) is 0 Å². The summed E-state index contributed by atoms with van der Waals surface area (Å²) < 4.78 is 43.7. The van der Waals surface area contributed by atoms with E-state index in [2.05, 4.69) is 4.74 Å². The second kappa shape index (κ2) is 5.89. The minimum absolute atomic E-state index is 0.0485. The van der Waals surface area contributed by atoms with Crippen LogP contribution in [0.4, 0.5) is 13.2 Å². The number of rotatable bonds is 2. The fraction of sp³-hybridized carbons (Fsp3) is 0.353. The summed E-state index contributed by atoms with van der Waals surface area (Å²) in [5, 5.41) is 10.3. The highest BCUT2D eigenvalue weighted by Gasteiger charge is 2.35. The van der Waals surface area contributed by atoms with E-state index in [1.165, 1.54) is 29.0 Å². The molecule has 130 valence electrons. The smallest absolute Gasteiger partial charge is 0.507 e. The quantitative estimate of drug-likeness (QED) is 0.900. The van der Waals surface area contributed by atoms with E-state index in [0.717, 1.165) is 0 Å². The number of hydrogen-bond donors (Lipinski definition) is 1. The van der Waals surface area contributed by atoms with Gasteiger partial charge in [-0.2, -0.15) is 0 Å². The second-order valence-corrected chi connectivity index (χ2v) is 6.53. The molecule has 2 rings (SSSR count). The fourth-order valence-electron chi connectivity index (χ4n) is 2.45. The zero-order valence-electron chi connectivity index (χ0n) is 13.7. The van der Waals surface area contributed by atoms with Gasteiger partial charge in [0.15, 0.2) is 0 Å². The lowest BCUT2D eigenvalue weighted by molar-refractivity contribution is -0.275. The number of nitrogens with zero attached hydrogens (tertiary/aromatic N) is 1. The van der Waals surface area contributed by atoms with E-state index in [1.807, 2.05) is 0 Å². The van der Waals surface area contributed by atoms with Crippen molar-refractivity contribution in [2.75, 3.05) is 0 Å². The molecule has 0 aliphatic rings. The molecule has 0 bridgehead atoms. The Morgan fingerprint density at radius 2 is 1.71 bits per heavy atom. The molecule has 0 unspecified atom stereocenters. The lowest BCUT2D eigenvalue weighted by Crippen LogP contribution is -2.21. The van der Waals surface area contributed by atoms with Crippen molar-refractivity contribution in [1.29, 1.82) is 0 Å². The summed E-state index contributed by atoms with van der Waals surface area (Å²) in [6.45, 7) is 5.01. The maximum atomic E-state index is 12.7. The highest BCUT2D eigenvalue weighted by molar-refractivity contribution is 5.69. The molecule has 0 saturated carbocycles. The van der Waals surface area contributed by atoms with Crippen LogP contribution in [0.25, 0.3) is 11.1 Å². The maximum absolute atomic E-state index is 12.7. The topological polar surface area (TPSA) is 51.5 Å². The molecule has 0 aliphatic heterocycles. The van der Waals surface area contributed by atoms with Gasteiger partial charge < -0.3 is 14.4 Å². The van der Waals surface area contributed by atoms with Gasteiger partial charge in [-0.3, -0.25) is 4.79 Å². The van der Waals surface area contributed by atoms with Crippen LogP contribution >= 0.6 is 0 Å². The number of ether oxygens (including phenoxy) is 1. The van der Waals surface area contributed by atoms with Crippen molar-refractivity contribution in [3.8, 4) is 22.6 Å². The van der Waals surface area contributed by atoms with E-state index in [9.17, 15) is 23.1 Å². The summed E-state index contributed by atoms with van der Waals surface area (Å²) in [4.78, 5) is 11.7. The second-order valence-electron chi connectivity index (χ2n) is 6.53. The van der Waals surface area contributed by atoms with Crippen molar-refractivity contribution >= 4 is 0 Å². The minimum Gasteiger partial charge on any atom is -0.507 e. The zero-order valence-corrected chi connectivity index (χ0v) is 13.7.